The molecule has 0 saturated heterocycles. The third-order valence-electron chi connectivity index (χ3n) is 2.24. The molecule has 0 spiro atoms. The molecule has 0 unspecified atom stereocenters. The number of rotatable bonds is 2. The van der Waals surface area contributed by atoms with Crippen molar-refractivity contribution >= 4 is 17.7 Å². The van der Waals surface area contributed by atoms with E-state index in [1.54, 1.807) is 33.8 Å². The van der Waals surface area contributed by atoms with Crippen molar-refractivity contribution in [2.75, 3.05) is 11.9 Å². The molecule has 0 radical (unpaired) electrons. The molecule has 1 heterocycles. The Morgan fingerprint density at radius 1 is 1.42 bits per heavy atom. The summed E-state index contributed by atoms with van der Waals surface area (Å²) in [5.41, 5.74) is -0.201. The second-order valence-electron chi connectivity index (χ2n) is 5.11. The van der Waals surface area contributed by atoms with Gasteiger partial charge in [-0.2, -0.15) is 0 Å². The van der Waals surface area contributed by atoms with E-state index in [-0.39, 0.29) is 11.6 Å². The van der Waals surface area contributed by atoms with Crippen LogP contribution in [0, 0.1) is 17.0 Å². The summed E-state index contributed by atoms with van der Waals surface area (Å²) in [6, 6.07) is 3.08. The average Bonchev–Trinajstić information content (AvgIpc) is 2.26. The van der Waals surface area contributed by atoms with Gasteiger partial charge in [-0.25, -0.2) is 9.69 Å². The van der Waals surface area contributed by atoms with E-state index in [0.717, 1.165) is 4.90 Å². The van der Waals surface area contributed by atoms with Crippen LogP contribution in [0.5, 0.6) is 0 Å². The normalized spacial score (nSPS) is 11.0. The Bertz CT molecular complexity index is 508. The summed E-state index contributed by atoms with van der Waals surface area (Å²) >= 11 is 0. The first-order chi connectivity index (χ1) is 8.61. The van der Waals surface area contributed by atoms with E-state index >= 15 is 0 Å². The lowest BCUT2D eigenvalue weighted by Crippen LogP contribution is -2.34. The molecule has 0 N–H and O–H groups in total. The lowest BCUT2D eigenvalue weighted by molar-refractivity contribution is -0.390. The number of carbonyl (C=O) groups is 1. The summed E-state index contributed by atoms with van der Waals surface area (Å²) in [4.78, 5) is 27.0. The van der Waals surface area contributed by atoms with Gasteiger partial charge in [0.15, 0.2) is 0 Å². The number of hydrogen-bond donors (Lipinski definition) is 0. The van der Waals surface area contributed by atoms with Gasteiger partial charge in [0.25, 0.3) is 5.82 Å². The molecular weight excluding hydrogens is 250 g/mol. The van der Waals surface area contributed by atoms with E-state index in [0.29, 0.717) is 5.56 Å². The minimum absolute atomic E-state index is 0.173. The van der Waals surface area contributed by atoms with Gasteiger partial charge in [-0.05, 0) is 43.7 Å². The first-order valence-electron chi connectivity index (χ1n) is 5.70. The maximum absolute atomic E-state index is 11.8. The molecule has 104 valence electrons. The van der Waals surface area contributed by atoms with Crippen LogP contribution >= 0.6 is 0 Å². The lowest BCUT2D eigenvalue weighted by atomic mass is 10.2. The highest BCUT2D eigenvalue weighted by atomic mass is 16.6. The van der Waals surface area contributed by atoms with Crippen LogP contribution in [-0.4, -0.2) is 28.6 Å². The van der Waals surface area contributed by atoms with E-state index in [4.69, 9.17) is 4.74 Å². The SMILES string of the molecule is Cc1ccc(N(C)C(=O)OC(C)(C)C)nc1[N+](=O)[O-]. The van der Waals surface area contributed by atoms with Crippen LogP contribution < -0.4 is 4.90 Å². The minimum Gasteiger partial charge on any atom is -0.443 e. The molecular formula is C12H17N3O4. The smallest absolute Gasteiger partial charge is 0.417 e. The van der Waals surface area contributed by atoms with Crippen LogP contribution in [-0.2, 0) is 4.74 Å². The van der Waals surface area contributed by atoms with E-state index < -0.39 is 16.6 Å². The number of nitrogens with zero attached hydrogens (tertiary/aromatic N) is 3. The van der Waals surface area contributed by atoms with E-state index in [9.17, 15) is 14.9 Å². The summed E-state index contributed by atoms with van der Waals surface area (Å²) in [6.07, 6.45) is -0.613. The maximum atomic E-state index is 11.8. The molecule has 0 bridgehead atoms. The summed E-state index contributed by atoms with van der Waals surface area (Å²) < 4.78 is 5.16. The Balaban J connectivity index is 3.00. The first kappa shape index (κ1) is 14.9. The third-order valence-corrected chi connectivity index (χ3v) is 2.24. The zero-order chi connectivity index (χ0) is 14.8. The number of hydrogen-bond acceptors (Lipinski definition) is 5. The Kier molecular flexibility index (Phi) is 4.08. The molecule has 0 saturated carbocycles. The van der Waals surface area contributed by atoms with E-state index in [1.165, 1.54) is 13.1 Å². The molecule has 7 nitrogen and oxygen atoms in total. The van der Waals surface area contributed by atoms with Gasteiger partial charge in [0.2, 0.25) is 0 Å². The molecule has 1 aromatic rings. The van der Waals surface area contributed by atoms with Crippen molar-refractivity contribution in [2.24, 2.45) is 0 Å². The Hall–Kier alpha value is -2.18. The van der Waals surface area contributed by atoms with Crippen LogP contribution in [0.25, 0.3) is 0 Å². The number of pyridine rings is 1. The fourth-order valence-corrected chi connectivity index (χ4v) is 1.30. The monoisotopic (exact) mass is 267 g/mol. The van der Waals surface area contributed by atoms with E-state index in [2.05, 4.69) is 4.98 Å². The van der Waals surface area contributed by atoms with Gasteiger partial charge in [0.05, 0.1) is 0 Å². The maximum Gasteiger partial charge on any atom is 0.417 e. The summed E-state index contributed by atoms with van der Waals surface area (Å²) in [5.74, 6) is -0.0977. The summed E-state index contributed by atoms with van der Waals surface area (Å²) in [7, 11) is 1.45. The van der Waals surface area contributed by atoms with Gasteiger partial charge >= 0.3 is 11.9 Å². The Morgan fingerprint density at radius 2 is 2.00 bits per heavy atom. The molecule has 0 aliphatic rings. The second kappa shape index (κ2) is 5.21. The largest absolute Gasteiger partial charge is 0.443 e. The number of carbonyl (C=O) groups excluding carboxylic acids is 1. The lowest BCUT2D eigenvalue weighted by Gasteiger charge is -2.22. The topological polar surface area (TPSA) is 85.6 Å². The van der Waals surface area contributed by atoms with Gasteiger partial charge in [-0.3, -0.25) is 0 Å². The summed E-state index contributed by atoms with van der Waals surface area (Å²) in [6.45, 7) is 6.81. The fraction of sp³-hybridized carbons (Fsp3) is 0.500. The first-order valence-corrected chi connectivity index (χ1v) is 5.70. The van der Waals surface area contributed by atoms with Crippen molar-refractivity contribution in [3.8, 4) is 0 Å². The zero-order valence-electron chi connectivity index (χ0n) is 11.6. The van der Waals surface area contributed by atoms with Gasteiger partial charge in [-0.1, -0.05) is 0 Å². The Labute approximate surface area is 111 Å². The highest BCUT2D eigenvalue weighted by Gasteiger charge is 2.25. The average molecular weight is 267 g/mol. The standard InChI is InChI=1S/C12H17N3O4/c1-8-6-7-9(13-10(8)15(17)18)14(5)11(16)19-12(2,3)4/h6-7H,1-5H3. The van der Waals surface area contributed by atoms with Gasteiger partial charge < -0.3 is 14.9 Å². The van der Waals surface area contributed by atoms with Crippen LogP contribution in [0.4, 0.5) is 16.4 Å². The molecule has 0 fully saturated rings. The molecule has 1 amide bonds. The second-order valence-corrected chi connectivity index (χ2v) is 5.11. The molecule has 0 aliphatic carbocycles. The van der Waals surface area contributed by atoms with Crippen molar-refractivity contribution < 1.29 is 14.5 Å². The minimum atomic E-state index is -0.637. The number of amides is 1. The Morgan fingerprint density at radius 3 is 2.47 bits per heavy atom. The van der Waals surface area contributed by atoms with Crippen molar-refractivity contribution in [1.29, 1.82) is 0 Å². The predicted molar refractivity (Wildman–Crippen MR) is 70.3 cm³/mol. The van der Waals surface area contributed by atoms with Crippen LogP contribution in [0.15, 0.2) is 12.1 Å². The molecule has 19 heavy (non-hydrogen) atoms. The predicted octanol–water partition coefficient (Wildman–Crippen LogP) is 2.67. The highest BCUT2D eigenvalue weighted by molar-refractivity contribution is 5.86. The number of ether oxygens (including phenoxy) is 1. The number of aromatic nitrogens is 1. The number of anilines is 1. The molecule has 0 aromatic carbocycles. The van der Waals surface area contributed by atoms with Crippen molar-refractivity contribution in [1.82, 2.24) is 4.98 Å². The van der Waals surface area contributed by atoms with Gasteiger partial charge in [0.1, 0.15) is 5.60 Å². The van der Waals surface area contributed by atoms with Crippen LogP contribution in [0.2, 0.25) is 0 Å². The summed E-state index contributed by atoms with van der Waals surface area (Å²) in [5, 5.41) is 10.8. The van der Waals surface area contributed by atoms with E-state index in [1.807, 2.05) is 0 Å². The highest BCUT2D eigenvalue weighted by Crippen LogP contribution is 2.21. The molecule has 0 aliphatic heterocycles. The van der Waals surface area contributed by atoms with Crippen molar-refractivity contribution in [3.05, 3.63) is 27.8 Å². The van der Waals surface area contributed by atoms with Crippen LogP contribution in [0.3, 0.4) is 0 Å². The van der Waals surface area contributed by atoms with Crippen molar-refractivity contribution in [3.63, 3.8) is 0 Å². The number of nitro groups is 1. The molecule has 1 rings (SSSR count). The molecule has 7 heteroatoms. The quantitative estimate of drug-likeness (QED) is 0.607. The molecule has 0 atom stereocenters. The third kappa shape index (κ3) is 3.90. The van der Waals surface area contributed by atoms with Crippen LogP contribution in [0.1, 0.15) is 26.3 Å². The fourth-order valence-electron chi connectivity index (χ4n) is 1.30. The van der Waals surface area contributed by atoms with Gasteiger partial charge in [-0.15, -0.1) is 0 Å². The zero-order valence-corrected chi connectivity index (χ0v) is 11.6. The number of aryl methyl sites for hydroxylation is 1. The van der Waals surface area contributed by atoms with Crippen molar-refractivity contribution in [2.45, 2.75) is 33.3 Å². The molecule has 1 aromatic heterocycles. The van der Waals surface area contributed by atoms with Gasteiger partial charge in [0, 0.05) is 18.7 Å².